The van der Waals surface area contributed by atoms with Crippen LogP contribution < -0.4 is 5.32 Å². The highest BCUT2D eigenvalue weighted by Gasteiger charge is 2.24. The van der Waals surface area contributed by atoms with Gasteiger partial charge in [0.15, 0.2) is 0 Å². The summed E-state index contributed by atoms with van der Waals surface area (Å²) in [5, 5.41) is 3.43. The Kier molecular flexibility index (Phi) is 5.96. The summed E-state index contributed by atoms with van der Waals surface area (Å²) >= 11 is 0. The molecule has 1 aliphatic heterocycles. The highest BCUT2D eigenvalue weighted by Crippen LogP contribution is 2.18. The van der Waals surface area contributed by atoms with Crippen molar-refractivity contribution in [3.8, 4) is 0 Å². The number of hydrogen-bond acceptors (Lipinski definition) is 2. The minimum atomic E-state index is 0. The molecule has 1 aromatic carbocycles. The summed E-state index contributed by atoms with van der Waals surface area (Å²) in [6.45, 7) is 5.84. The molecule has 0 spiro atoms. The lowest BCUT2D eigenvalue weighted by Gasteiger charge is -2.37. The maximum Gasteiger partial charge on any atom is 0.0234 e. The fourth-order valence-corrected chi connectivity index (χ4v) is 2.50. The van der Waals surface area contributed by atoms with Crippen molar-refractivity contribution in [2.24, 2.45) is 5.92 Å². The molecule has 96 valence electrons. The minimum absolute atomic E-state index is 0. The Hall–Kier alpha value is -0.570. The molecule has 2 atom stereocenters. The molecule has 2 rings (SSSR count). The number of benzene rings is 1. The van der Waals surface area contributed by atoms with E-state index in [0.29, 0.717) is 6.04 Å². The Morgan fingerprint density at radius 1 is 1.29 bits per heavy atom. The largest absolute Gasteiger partial charge is 0.315 e. The zero-order valence-corrected chi connectivity index (χ0v) is 11.5. The van der Waals surface area contributed by atoms with Crippen molar-refractivity contribution in [2.75, 3.05) is 20.1 Å². The number of nitrogens with one attached hydrogen (secondary N) is 1. The predicted octanol–water partition coefficient (Wildman–Crippen LogP) is 2.54. The fraction of sp³-hybridized carbons (Fsp3) is 0.571. The van der Waals surface area contributed by atoms with Gasteiger partial charge in [0.05, 0.1) is 0 Å². The molecule has 2 nitrogen and oxygen atoms in total. The molecule has 3 heteroatoms. The van der Waals surface area contributed by atoms with Gasteiger partial charge in [-0.05, 0) is 31.5 Å². The van der Waals surface area contributed by atoms with Crippen LogP contribution in [0.1, 0.15) is 18.9 Å². The first-order chi connectivity index (χ1) is 7.79. The van der Waals surface area contributed by atoms with Crippen molar-refractivity contribution in [1.82, 2.24) is 10.2 Å². The number of likely N-dealkylation sites (tertiary alicyclic amines) is 1. The van der Waals surface area contributed by atoms with Gasteiger partial charge < -0.3 is 5.32 Å². The molecule has 2 unspecified atom stereocenters. The molecule has 0 aliphatic carbocycles. The summed E-state index contributed by atoms with van der Waals surface area (Å²) in [7, 11) is 2.08. The topological polar surface area (TPSA) is 15.3 Å². The minimum Gasteiger partial charge on any atom is -0.315 e. The number of piperidine rings is 1. The lowest BCUT2D eigenvalue weighted by Crippen LogP contribution is -2.48. The average Bonchev–Trinajstić information content (AvgIpc) is 2.33. The molecule has 1 heterocycles. The first-order valence-electron chi connectivity index (χ1n) is 6.23. The Morgan fingerprint density at radius 2 is 2.00 bits per heavy atom. The standard InChI is InChI=1S/C14H22N2.ClH/c1-12-8-9-16(11-14(12)15-2)10-13-6-4-3-5-7-13;/h3-7,12,14-15H,8-11H2,1-2H3;1H. The predicted molar refractivity (Wildman–Crippen MR) is 75.6 cm³/mol. The Labute approximate surface area is 111 Å². The molecular weight excluding hydrogens is 232 g/mol. The Bertz CT molecular complexity index is 315. The second-order valence-corrected chi connectivity index (χ2v) is 4.88. The lowest BCUT2D eigenvalue weighted by molar-refractivity contribution is 0.147. The monoisotopic (exact) mass is 254 g/mol. The third-order valence-corrected chi connectivity index (χ3v) is 3.66. The van der Waals surface area contributed by atoms with Gasteiger partial charge in [-0.15, -0.1) is 12.4 Å². The average molecular weight is 255 g/mol. The molecule has 1 saturated heterocycles. The van der Waals surface area contributed by atoms with E-state index in [1.807, 2.05) is 0 Å². The number of rotatable bonds is 3. The van der Waals surface area contributed by atoms with Crippen molar-refractivity contribution in [1.29, 1.82) is 0 Å². The van der Waals surface area contributed by atoms with E-state index in [9.17, 15) is 0 Å². The number of nitrogens with zero attached hydrogens (tertiary/aromatic N) is 1. The first kappa shape index (κ1) is 14.5. The van der Waals surface area contributed by atoms with E-state index >= 15 is 0 Å². The molecule has 0 bridgehead atoms. The quantitative estimate of drug-likeness (QED) is 0.892. The lowest BCUT2D eigenvalue weighted by atomic mass is 9.93. The second kappa shape index (κ2) is 7.00. The van der Waals surface area contributed by atoms with Crippen LogP contribution in [0.2, 0.25) is 0 Å². The van der Waals surface area contributed by atoms with Gasteiger partial charge in [0, 0.05) is 19.1 Å². The zero-order valence-electron chi connectivity index (χ0n) is 10.7. The second-order valence-electron chi connectivity index (χ2n) is 4.88. The number of likely N-dealkylation sites (N-methyl/N-ethyl adjacent to an activating group) is 1. The Balaban J connectivity index is 0.00000144. The normalized spacial score (nSPS) is 25.3. The van der Waals surface area contributed by atoms with E-state index in [1.54, 1.807) is 0 Å². The molecule has 0 amide bonds. The summed E-state index contributed by atoms with van der Waals surface area (Å²) in [5.41, 5.74) is 1.42. The molecular formula is C14H23ClN2. The highest BCUT2D eigenvalue weighted by molar-refractivity contribution is 5.85. The zero-order chi connectivity index (χ0) is 11.4. The molecule has 1 N–H and O–H groups in total. The highest BCUT2D eigenvalue weighted by atomic mass is 35.5. The summed E-state index contributed by atoms with van der Waals surface area (Å²) in [6.07, 6.45) is 1.30. The summed E-state index contributed by atoms with van der Waals surface area (Å²) < 4.78 is 0. The summed E-state index contributed by atoms with van der Waals surface area (Å²) in [6, 6.07) is 11.4. The molecule has 17 heavy (non-hydrogen) atoms. The molecule has 1 aliphatic rings. The van der Waals surface area contributed by atoms with Gasteiger partial charge in [-0.2, -0.15) is 0 Å². The van der Waals surface area contributed by atoms with Crippen molar-refractivity contribution >= 4 is 12.4 Å². The van der Waals surface area contributed by atoms with Crippen molar-refractivity contribution in [3.63, 3.8) is 0 Å². The van der Waals surface area contributed by atoms with Crippen LogP contribution in [0, 0.1) is 5.92 Å². The molecule has 1 aromatic rings. The van der Waals surface area contributed by atoms with Crippen LogP contribution >= 0.6 is 12.4 Å². The van der Waals surface area contributed by atoms with Crippen LogP contribution in [-0.4, -0.2) is 31.1 Å². The number of halogens is 1. The van der Waals surface area contributed by atoms with Gasteiger partial charge in [-0.1, -0.05) is 37.3 Å². The van der Waals surface area contributed by atoms with E-state index < -0.39 is 0 Å². The van der Waals surface area contributed by atoms with Crippen LogP contribution in [0.25, 0.3) is 0 Å². The van der Waals surface area contributed by atoms with Crippen molar-refractivity contribution < 1.29 is 0 Å². The number of hydrogen-bond donors (Lipinski definition) is 1. The third kappa shape index (κ3) is 3.98. The maximum absolute atomic E-state index is 3.43. The maximum atomic E-state index is 3.43. The van der Waals surface area contributed by atoms with Crippen LogP contribution in [-0.2, 0) is 6.54 Å². The van der Waals surface area contributed by atoms with Gasteiger partial charge in [0.1, 0.15) is 0 Å². The SMILES string of the molecule is CNC1CN(Cc2ccccc2)CCC1C.Cl. The van der Waals surface area contributed by atoms with Gasteiger partial charge in [0.2, 0.25) is 0 Å². The molecule has 1 fully saturated rings. The first-order valence-corrected chi connectivity index (χ1v) is 6.23. The van der Waals surface area contributed by atoms with Crippen LogP contribution in [0.5, 0.6) is 0 Å². The van der Waals surface area contributed by atoms with E-state index in [1.165, 1.54) is 25.1 Å². The third-order valence-electron chi connectivity index (χ3n) is 3.66. The van der Waals surface area contributed by atoms with Gasteiger partial charge in [0.25, 0.3) is 0 Å². The fourth-order valence-electron chi connectivity index (χ4n) is 2.50. The van der Waals surface area contributed by atoms with Crippen LogP contribution in [0.4, 0.5) is 0 Å². The van der Waals surface area contributed by atoms with E-state index in [0.717, 1.165) is 12.5 Å². The molecule has 0 aromatic heterocycles. The van der Waals surface area contributed by atoms with Crippen molar-refractivity contribution in [2.45, 2.75) is 25.9 Å². The van der Waals surface area contributed by atoms with Gasteiger partial charge in [-0.3, -0.25) is 4.90 Å². The van der Waals surface area contributed by atoms with E-state index in [2.05, 4.69) is 54.5 Å². The van der Waals surface area contributed by atoms with Crippen LogP contribution in [0.15, 0.2) is 30.3 Å². The summed E-state index contributed by atoms with van der Waals surface area (Å²) in [5.74, 6) is 0.803. The molecule has 0 saturated carbocycles. The van der Waals surface area contributed by atoms with E-state index in [-0.39, 0.29) is 12.4 Å². The smallest absolute Gasteiger partial charge is 0.0234 e. The van der Waals surface area contributed by atoms with E-state index in [4.69, 9.17) is 0 Å². The van der Waals surface area contributed by atoms with Gasteiger partial charge in [-0.25, -0.2) is 0 Å². The van der Waals surface area contributed by atoms with Gasteiger partial charge >= 0.3 is 0 Å². The van der Waals surface area contributed by atoms with Crippen molar-refractivity contribution in [3.05, 3.63) is 35.9 Å². The van der Waals surface area contributed by atoms with Crippen LogP contribution in [0.3, 0.4) is 0 Å². The molecule has 0 radical (unpaired) electrons. The Morgan fingerprint density at radius 3 is 2.65 bits per heavy atom. The summed E-state index contributed by atoms with van der Waals surface area (Å²) in [4.78, 5) is 2.55.